The van der Waals surface area contributed by atoms with Crippen molar-refractivity contribution >= 4 is 10.3 Å². The molecular weight excluding hydrogens is 186 g/mol. The number of rotatable bonds is 7. The normalized spacial score (nSPS) is 11.8. The summed E-state index contributed by atoms with van der Waals surface area (Å²) in [5.41, 5.74) is 7.19. The first-order chi connectivity index (χ1) is 5.62. The van der Waals surface area contributed by atoms with Gasteiger partial charge in [0.1, 0.15) is 0 Å². The fourth-order valence-electron chi connectivity index (χ4n) is 0.378. The Morgan fingerprint density at radius 3 is 2.58 bits per heavy atom. The van der Waals surface area contributed by atoms with Crippen molar-refractivity contribution in [3.63, 3.8) is 0 Å². The van der Waals surface area contributed by atoms with Gasteiger partial charge in [0.25, 0.3) is 0 Å². The molecule has 0 radical (unpaired) electrons. The fourth-order valence-corrected chi connectivity index (χ4v) is 1.02. The van der Waals surface area contributed by atoms with Gasteiger partial charge in [0.05, 0.1) is 6.61 Å². The zero-order valence-electron chi connectivity index (χ0n) is 6.49. The second-order valence-corrected chi connectivity index (χ2v) is 3.20. The van der Waals surface area contributed by atoms with Crippen molar-refractivity contribution in [1.29, 1.82) is 0 Å². The molecule has 0 fully saturated rings. The highest BCUT2D eigenvalue weighted by Gasteiger charge is 2.07. The van der Waals surface area contributed by atoms with Gasteiger partial charge in [-0.05, 0) is 0 Å². The topological polar surface area (TPSA) is 114 Å². The first-order valence-electron chi connectivity index (χ1n) is 3.34. The van der Waals surface area contributed by atoms with Crippen LogP contribution in [0.15, 0.2) is 0 Å². The number of hydrogen-bond donors (Lipinski definition) is 4. The van der Waals surface area contributed by atoms with Crippen LogP contribution in [-0.2, 0) is 14.6 Å². The number of aliphatic hydroxyl groups excluding tert-OH is 1. The lowest BCUT2D eigenvalue weighted by Gasteiger charge is -2.04. The van der Waals surface area contributed by atoms with Crippen LogP contribution >= 0.6 is 0 Å². The molecule has 0 aliphatic carbocycles. The van der Waals surface area contributed by atoms with Crippen molar-refractivity contribution in [3.05, 3.63) is 0 Å². The lowest BCUT2D eigenvalue weighted by atomic mass is 10.7. The third-order valence-electron chi connectivity index (χ3n) is 0.806. The minimum atomic E-state index is -3.79. The van der Waals surface area contributed by atoms with E-state index in [1.807, 2.05) is 4.72 Å². The maximum absolute atomic E-state index is 10.7. The van der Waals surface area contributed by atoms with Crippen molar-refractivity contribution in [2.75, 3.05) is 26.2 Å². The van der Waals surface area contributed by atoms with E-state index in [1.54, 1.807) is 0 Å². The molecule has 0 atom stereocenters. The number of hydrogen-bond acceptors (Lipinski definition) is 6. The highest BCUT2D eigenvalue weighted by Crippen LogP contribution is 1.80. The van der Waals surface area contributed by atoms with E-state index in [-0.39, 0.29) is 26.2 Å². The molecule has 0 saturated carbocycles. The standard InChI is InChI=1S/C4H13N3O4S/c5-1-2-6-11-12(9,10)7-3-4-8/h6-8H,1-5H2. The second kappa shape index (κ2) is 6.29. The maximum atomic E-state index is 10.7. The van der Waals surface area contributed by atoms with Crippen LogP contribution in [0.1, 0.15) is 0 Å². The van der Waals surface area contributed by atoms with E-state index < -0.39 is 10.3 Å². The quantitative estimate of drug-likeness (QED) is 0.262. The zero-order chi connectivity index (χ0) is 9.45. The van der Waals surface area contributed by atoms with Crippen LogP contribution in [0, 0.1) is 0 Å². The molecule has 0 aromatic carbocycles. The first-order valence-corrected chi connectivity index (χ1v) is 4.75. The van der Waals surface area contributed by atoms with Crippen molar-refractivity contribution in [2.24, 2.45) is 5.73 Å². The van der Waals surface area contributed by atoms with Gasteiger partial charge in [-0.1, -0.05) is 0 Å². The van der Waals surface area contributed by atoms with Crippen LogP contribution in [0.4, 0.5) is 0 Å². The SMILES string of the molecule is NCCNOS(=O)(=O)NCCO. The van der Waals surface area contributed by atoms with Gasteiger partial charge in [-0.2, -0.15) is 22.9 Å². The minimum absolute atomic E-state index is 0.0767. The molecule has 5 N–H and O–H groups in total. The molecule has 0 aromatic rings. The average molecular weight is 199 g/mol. The third-order valence-corrected chi connectivity index (χ3v) is 1.70. The fraction of sp³-hybridized carbons (Fsp3) is 1.00. The van der Waals surface area contributed by atoms with Gasteiger partial charge in [0.15, 0.2) is 0 Å². The van der Waals surface area contributed by atoms with E-state index in [1.165, 1.54) is 0 Å². The van der Waals surface area contributed by atoms with Gasteiger partial charge in [-0.15, -0.1) is 0 Å². The highest BCUT2D eigenvalue weighted by atomic mass is 32.2. The Morgan fingerprint density at radius 1 is 1.42 bits per heavy atom. The largest absolute Gasteiger partial charge is 0.395 e. The van der Waals surface area contributed by atoms with E-state index >= 15 is 0 Å². The molecule has 8 heteroatoms. The van der Waals surface area contributed by atoms with Gasteiger partial charge in [-0.25, -0.2) is 0 Å². The van der Waals surface area contributed by atoms with Gasteiger partial charge in [0, 0.05) is 19.6 Å². The predicted octanol–water partition coefficient (Wildman–Crippen LogP) is -2.71. The number of nitrogens with one attached hydrogen (secondary N) is 2. The van der Waals surface area contributed by atoms with Crippen LogP contribution in [-0.4, -0.2) is 39.8 Å². The monoisotopic (exact) mass is 199 g/mol. The summed E-state index contributed by atoms with van der Waals surface area (Å²) in [6.45, 7) is 0.154. The Balaban J connectivity index is 3.58. The molecule has 0 rings (SSSR count). The molecular formula is C4H13N3O4S. The number of hydroxylamine groups is 1. The smallest absolute Gasteiger partial charge is 0.352 e. The maximum Gasteiger partial charge on any atom is 0.352 e. The van der Waals surface area contributed by atoms with Gasteiger partial charge < -0.3 is 10.8 Å². The average Bonchev–Trinajstić information content (AvgIpc) is 2.01. The van der Waals surface area contributed by atoms with Crippen molar-refractivity contribution in [3.8, 4) is 0 Å². The van der Waals surface area contributed by atoms with E-state index in [2.05, 4.69) is 9.76 Å². The lowest BCUT2D eigenvalue weighted by Crippen LogP contribution is -2.34. The summed E-state index contributed by atoms with van der Waals surface area (Å²) in [6.07, 6.45) is 0. The molecule has 0 unspecified atom stereocenters. The van der Waals surface area contributed by atoms with Crippen molar-refractivity contribution in [2.45, 2.75) is 0 Å². The summed E-state index contributed by atoms with van der Waals surface area (Å²) in [5.74, 6) is 0. The Labute approximate surface area is 71.1 Å². The molecule has 0 bridgehead atoms. The zero-order valence-corrected chi connectivity index (χ0v) is 7.30. The summed E-state index contributed by atoms with van der Waals surface area (Å²) >= 11 is 0. The first kappa shape index (κ1) is 11.8. The molecule has 0 aromatic heterocycles. The van der Waals surface area contributed by atoms with E-state index in [0.29, 0.717) is 0 Å². The van der Waals surface area contributed by atoms with Gasteiger partial charge >= 0.3 is 10.3 Å². The molecule has 7 nitrogen and oxygen atoms in total. The molecule has 0 aliphatic heterocycles. The summed E-state index contributed by atoms with van der Waals surface area (Å²) in [6, 6.07) is 0. The van der Waals surface area contributed by atoms with Gasteiger partial charge in [0.2, 0.25) is 0 Å². The second-order valence-electron chi connectivity index (χ2n) is 1.84. The van der Waals surface area contributed by atoms with Crippen LogP contribution in [0.2, 0.25) is 0 Å². The molecule has 0 heterocycles. The lowest BCUT2D eigenvalue weighted by molar-refractivity contribution is 0.201. The Bertz CT molecular complexity index is 192. The highest BCUT2D eigenvalue weighted by molar-refractivity contribution is 7.84. The Morgan fingerprint density at radius 2 is 2.08 bits per heavy atom. The molecule has 0 amide bonds. The summed E-state index contributed by atoms with van der Waals surface area (Å²) < 4.78 is 27.6. The van der Waals surface area contributed by atoms with Crippen LogP contribution in [0.25, 0.3) is 0 Å². The molecule has 74 valence electrons. The van der Waals surface area contributed by atoms with E-state index in [9.17, 15) is 8.42 Å². The Kier molecular flexibility index (Phi) is 6.16. The van der Waals surface area contributed by atoms with Gasteiger partial charge in [-0.3, -0.25) is 0 Å². The minimum Gasteiger partial charge on any atom is -0.395 e. The summed E-state index contributed by atoms with van der Waals surface area (Å²) in [7, 11) is -3.79. The molecule has 12 heavy (non-hydrogen) atoms. The van der Waals surface area contributed by atoms with Crippen LogP contribution < -0.4 is 15.9 Å². The predicted molar refractivity (Wildman–Crippen MR) is 42.2 cm³/mol. The summed E-state index contributed by atoms with van der Waals surface area (Å²) in [4.78, 5) is 0. The van der Waals surface area contributed by atoms with Crippen molar-refractivity contribution < 1.29 is 17.8 Å². The van der Waals surface area contributed by atoms with E-state index in [0.717, 1.165) is 0 Å². The third kappa shape index (κ3) is 6.46. The van der Waals surface area contributed by atoms with E-state index in [4.69, 9.17) is 10.8 Å². The number of aliphatic hydroxyl groups is 1. The summed E-state index contributed by atoms with van der Waals surface area (Å²) in [5, 5.41) is 8.28. The molecule has 0 aliphatic rings. The molecule has 0 spiro atoms. The van der Waals surface area contributed by atoms with Crippen molar-refractivity contribution in [1.82, 2.24) is 10.2 Å². The van der Waals surface area contributed by atoms with Crippen LogP contribution in [0.3, 0.4) is 0 Å². The van der Waals surface area contributed by atoms with Crippen LogP contribution in [0.5, 0.6) is 0 Å². The number of nitrogens with two attached hydrogens (primary N) is 1. The Hall–Kier alpha value is -0.250. The molecule has 0 saturated heterocycles.